The van der Waals surface area contributed by atoms with Crippen LogP contribution in [0.4, 0.5) is 4.79 Å². The first-order valence-corrected chi connectivity index (χ1v) is 9.23. The Morgan fingerprint density at radius 2 is 1.93 bits per heavy atom. The van der Waals surface area contributed by atoms with Gasteiger partial charge in [0.1, 0.15) is 18.3 Å². The van der Waals surface area contributed by atoms with Crippen molar-refractivity contribution in [1.29, 1.82) is 0 Å². The van der Waals surface area contributed by atoms with Gasteiger partial charge in [-0.2, -0.15) is 0 Å². The number of carboxylic acids is 1. The maximum Gasteiger partial charge on any atom is 0.412 e. The van der Waals surface area contributed by atoms with Crippen molar-refractivity contribution in [3.05, 3.63) is 34.3 Å². The van der Waals surface area contributed by atoms with Gasteiger partial charge in [0.15, 0.2) is 6.10 Å². The minimum absolute atomic E-state index is 0.0277. The normalized spacial score (nSPS) is 33.0. The van der Waals surface area contributed by atoms with Crippen LogP contribution < -0.4 is 0 Å². The van der Waals surface area contributed by atoms with E-state index in [1.807, 2.05) is 19.1 Å². The molecule has 28 heavy (non-hydrogen) atoms. The van der Waals surface area contributed by atoms with Crippen LogP contribution in [0.15, 0.2) is 18.2 Å². The van der Waals surface area contributed by atoms with Gasteiger partial charge in [-0.1, -0.05) is 24.6 Å². The minimum Gasteiger partial charge on any atom is -0.479 e. The molecule has 10 heteroatoms. The predicted molar refractivity (Wildman–Crippen MR) is 95.9 cm³/mol. The van der Waals surface area contributed by atoms with E-state index in [4.69, 9.17) is 26.2 Å². The highest BCUT2D eigenvalue weighted by Crippen LogP contribution is 2.29. The monoisotopic (exact) mass is 415 g/mol. The van der Waals surface area contributed by atoms with Crippen molar-refractivity contribution in [2.75, 3.05) is 13.1 Å². The first kappa shape index (κ1) is 20.8. The number of aliphatic hydroxyl groups is 3. The van der Waals surface area contributed by atoms with Crippen LogP contribution in [-0.2, 0) is 20.7 Å². The fraction of sp³-hybridized carbons (Fsp3) is 0.556. The van der Waals surface area contributed by atoms with E-state index < -0.39 is 42.8 Å². The van der Waals surface area contributed by atoms with Gasteiger partial charge >= 0.3 is 12.1 Å². The molecule has 1 aromatic carbocycles. The maximum atomic E-state index is 12.6. The van der Waals surface area contributed by atoms with E-state index in [1.54, 1.807) is 6.07 Å². The number of fused-ring (bicyclic) bond motifs is 1. The van der Waals surface area contributed by atoms with Crippen LogP contribution in [0.2, 0.25) is 5.02 Å². The van der Waals surface area contributed by atoms with Crippen LogP contribution in [0.1, 0.15) is 24.0 Å². The first-order chi connectivity index (χ1) is 13.2. The van der Waals surface area contributed by atoms with Crippen LogP contribution in [-0.4, -0.2) is 81.2 Å². The van der Waals surface area contributed by atoms with Crippen LogP contribution in [0.5, 0.6) is 0 Å². The number of carbonyl (C=O) groups is 2. The molecule has 1 aromatic rings. The summed E-state index contributed by atoms with van der Waals surface area (Å²) in [5.41, 5.74) is 2.09. The summed E-state index contributed by atoms with van der Waals surface area (Å²) < 4.78 is 10.1. The van der Waals surface area contributed by atoms with Crippen LogP contribution in [0.3, 0.4) is 0 Å². The predicted octanol–water partition coefficient (Wildman–Crippen LogP) is 0.330. The quantitative estimate of drug-likeness (QED) is 0.542. The standard InChI is InChI=1S/C18H22ClNO8/c1-8-7-20(5-4-9-2-3-10(19)6-11(8)9)18(26)28-17-14(23)12(21)13(22)15(27-17)16(24)25/h2-3,6,8,12-15,17,21-23H,4-5,7H2,1H3,(H,24,25)/t8-,12-,13-,14+,15-,17-/m0/s1. The number of amides is 1. The van der Waals surface area contributed by atoms with E-state index in [2.05, 4.69) is 0 Å². The van der Waals surface area contributed by atoms with Crippen LogP contribution >= 0.6 is 11.6 Å². The number of carbonyl (C=O) groups excluding carboxylic acids is 1. The molecule has 0 bridgehead atoms. The van der Waals surface area contributed by atoms with Gasteiger partial charge in [0.25, 0.3) is 0 Å². The molecule has 0 aliphatic carbocycles. The van der Waals surface area contributed by atoms with Gasteiger partial charge in [-0.05, 0) is 35.6 Å². The molecule has 2 aliphatic heterocycles. The zero-order chi connectivity index (χ0) is 20.6. The molecule has 154 valence electrons. The lowest BCUT2D eigenvalue weighted by Crippen LogP contribution is -2.61. The summed E-state index contributed by atoms with van der Waals surface area (Å²) in [5, 5.41) is 39.2. The number of ether oxygens (including phenoxy) is 2. The zero-order valence-electron chi connectivity index (χ0n) is 15.1. The molecule has 2 aliphatic rings. The summed E-state index contributed by atoms with van der Waals surface area (Å²) in [6.45, 7) is 2.60. The summed E-state index contributed by atoms with van der Waals surface area (Å²) in [6.07, 6.45) is -9.26. The topological polar surface area (TPSA) is 137 Å². The number of hydrogen-bond donors (Lipinski definition) is 4. The number of nitrogens with zero attached hydrogens (tertiary/aromatic N) is 1. The van der Waals surface area contributed by atoms with E-state index in [0.29, 0.717) is 24.5 Å². The SMILES string of the molecule is C[C@H]1CN(C(=O)O[C@@H]2O[C@H](C(=O)O)[C@@H](O)[C@H](O)[C@H]2O)CCc2ccc(Cl)cc21. The van der Waals surface area contributed by atoms with Crippen molar-refractivity contribution in [3.8, 4) is 0 Å². The summed E-state index contributed by atoms with van der Waals surface area (Å²) in [6, 6.07) is 5.55. The second-order valence-corrected chi connectivity index (χ2v) is 7.50. The van der Waals surface area contributed by atoms with Gasteiger partial charge in [-0.15, -0.1) is 0 Å². The molecule has 1 fully saturated rings. The molecular weight excluding hydrogens is 394 g/mol. The number of rotatable bonds is 2. The highest BCUT2D eigenvalue weighted by atomic mass is 35.5. The van der Waals surface area contributed by atoms with E-state index in [9.17, 15) is 24.9 Å². The highest BCUT2D eigenvalue weighted by molar-refractivity contribution is 6.30. The van der Waals surface area contributed by atoms with Gasteiger partial charge in [-0.3, -0.25) is 0 Å². The summed E-state index contributed by atoms with van der Waals surface area (Å²) in [5.74, 6) is -1.57. The fourth-order valence-corrected chi connectivity index (χ4v) is 3.70. The van der Waals surface area contributed by atoms with E-state index in [1.165, 1.54) is 4.90 Å². The van der Waals surface area contributed by atoms with E-state index >= 15 is 0 Å². The molecule has 9 nitrogen and oxygen atoms in total. The fourth-order valence-electron chi connectivity index (χ4n) is 3.52. The lowest BCUT2D eigenvalue weighted by Gasteiger charge is -2.38. The molecule has 0 saturated carbocycles. The van der Waals surface area contributed by atoms with Gasteiger partial charge < -0.3 is 34.8 Å². The molecule has 0 spiro atoms. The molecule has 3 rings (SSSR count). The zero-order valence-corrected chi connectivity index (χ0v) is 15.8. The third kappa shape index (κ3) is 4.08. The first-order valence-electron chi connectivity index (χ1n) is 8.85. The Morgan fingerprint density at radius 3 is 2.61 bits per heavy atom. The van der Waals surface area contributed by atoms with Crippen LogP contribution in [0, 0.1) is 0 Å². The van der Waals surface area contributed by atoms with Crippen molar-refractivity contribution in [2.24, 2.45) is 0 Å². The Bertz CT molecular complexity index is 759. The maximum absolute atomic E-state index is 12.6. The van der Waals surface area contributed by atoms with Gasteiger partial charge in [0, 0.05) is 18.1 Å². The van der Waals surface area contributed by atoms with Gasteiger partial charge in [0.05, 0.1) is 0 Å². The average Bonchev–Trinajstić information content (AvgIpc) is 2.81. The highest BCUT2D eigenvalue weighted by Gasteiger charge is 2.49. The number of aliphatic carboxylic acids is 1. The Morgan fingerprint density at radius 1 is 1.21 bits per heavy atom. The molecule has 0 aromatic heterocycles. The number of aliphatic hydroxyl groups excluding tert-OH is 3. The molecule has 4 N–H and O–H groups in total. The second kappa shape index (κ2) is 8.22. The second-order valence-electron chi connectivity index (χ2n) is 7.06. The molecule has 1 saturated heterocycles. The lowest BCUT2D eigenvalue weighted by atomic mass is 9.95. The molecule has 0 unspecified atom stereocenters. The average molecular weight is 416 g/mol. The Kier molecular flexibility index (Phi) is 6.11. The van der Waals surface area contributed by atoms with Crippen molar-refractivity contribution < 1.29 is 39.5 Å². The third-order valence-corrected chi connectivity index (χ3v) is 5.31. The van der Waals surface area contributed by atoms with Crippen molar-refractivity contribution >= 4 is 23.7 Å². The van der Waals surface area contributed by atoms with Crippen molar-refractivity contribution in [2.45, 2.75) is 50.0 Å². The summed E-state index contributed by atoms with van der Waals surface area (Å²) in [4.78, 5) is 25.2. The third-order valence-electron chi connectivity index (χ3n) is 5.07. The van der Waals surface area contributed by atoms with E-state index in [-0.39, 0.29) is 5.92 Å². The van der Waals surface area contributed by atoms with Crippen molar-refractivity contribution in [3.63, 3.8) is 0 Å². The summed E-state index contributed by atoms with van der Waals surface area (Å²) in [7, 11) is 0. The van der Waals surface area contributed by atoms with E-state index in [0.717, 1.165) is 11.1 Å². The molecule has 2 heterocycles. The lowest BCUT2D eigenvalue weighted by molar-refractivity contribution is -0.279. The molecule has 1 amide bonds. The number of halogens is 1. The van der Waals surface area contributed by atoms with Crippen molar-refractivity contribution in [1.82, 2.24) is 4.90 Å². The Balaban J connectivity index is 1.70. The summed E-state index contributed by atoms with van der Waals surface area (Å²) >= 11 is 6.06. The van der Waals surface area contributed by atoms with Crippen LogP contribution in [0.25, 0.3) is 0 Å². The largest absolute Gasteiger partial charge is 0.479 e. The molecule has 0 radical (unpaired) electrons. The Hall–Kier alpha value is -1.91. The number of hydrogen-bond acceptors (Lipinski definition) is 7. The van der Waals surface area contributed by atoms with Gasteiger partial charge in [-0.25, -0.2) is 9.59 Å². The molecular formula is C18H22ClNO8. The van der Waals surface area contributed by atoms with Gasteiger partial charge in [0.2, 0.25) is 6.29 Å². The Labute approximate surface area is 166 Å². The minimum atomic E-state index is -1.85. The molecule has 6 atom stereocenters. The number of carboxylic acid groups (broad SMARTS) is 1. The number of benzene rings is 1. The smallest absolute Gasteiger partial charge is 0.412 e.